The molecule has 0 spiro atoms. The van der Waals surface area contributed by atoms with Gasteiger partial charge in [-0.05, 0) is 6.07 Å². The van der Waals surface area contributed by atoms with Gasteiger partial charge in [-0.15, -0.1) is 0 Å². The lowest BCUT2D eigenvalue weighted by molar-refractivity contribution is 0.229. The molecular weight excluding hydrogens is 207 g/mol. The zero-order chi connectivity index (χ0) is 11.4. The van der Waals surface area contributed by atoms with Crippen molar-refractivity contribution in [2.45, 2.75) is 6.54 Å². The lowest BCUT2D eigenvalue weighted by Gasteiger charge is -2.27. The molecule has 0 amide bonds. The van der Waals surface area contributed by atoms with Gasteiger partial charge in [0.05, 0.1) is 7.11 Å². The molecule has 4 heteroatoms. The number of nitrogens with one attached hydrogen (secondary N) is 1. The van der Waals surface area contributed by atoms with Crippen molar-refractivity contribution in [1.29, 1.82) is 0 Å². The van der Waals surface area contributed by atoms with Gasteiger partial charge in [0.25, 0.3) is 0 Å². The molecule has 1 aliphatic heterocycles. The van der Waals surface area contributed by atoms with Gasteiger partial charge >= 0.3 is 0 Å². The van der Waals surface area contributed by atoms with Gasteiger partial charge in [-0.1, -0.05) is 12.1 Å². The van der Waals surface area contributed by atoms with E-state index in [0.29, 0.717) is 5.75 Å². The molecule has 3 nitrogen and oxygen atoms in total. The summed E-state index contributed by atoms with van der Waals surface area (Å²) in [5, 5.41) is 3.29. The monoisotopic (exact) mass is 224 g/mol. The smallest absolute Gasteiger partial charge is 0.165 e. The summed E-state index contributed by atoms with van der Waals surface area (Å²) in [5.74, 6) is 0.0937. The summed E-state index contributed by atoms with van der Waals surface area (Å²) in [7, 11) is 1.51. The first-order chi connectivity index (χ1) is 7.81. The summed E-state index contributed by atoms with van der Waals surface area (Å²) < 4.78 is 18.5. The second-order valence-electron chi connectivity index (χ2n) is 3.96. The normalized spacial score (nSPS) is 17.4. The molecule has 0 saturated carbocycles. The minimum atomic E-state index is -0.282. The molecular formula is C12H17FN2O. The highest BCUT2D eigenvalue weighted by molar-refractivity contribution is 5.34. The molecule has 1 saturated heterocycles. The van der Waals surface area contributed by atoms with E-state index in [1.165, 1.54) is 13.2 Å². The maximum atomic E-state index is 13.4. The first-order valence-corrected chi connectivity index (χ1v) is 5.55. The molecule has 0 radical (unpaired) electrons. The summed E-state index contributed by atoms with van der Waals surface area (Å²) in [5.41, 5.74) is 0.921. The molecule has 1 aromatic carbocycles. The van der Waals surface area contributed by atoms with Crippen LogP contribution in [0.3, 0.4) is 0 Å². The topological polar surface area (TPSA) is 24.5 Å². The molecule has 16 heavy (non-hydrogen) atoms. The van der Waals surface area contributed by atoms with Crippen LogP contribution in [0.1, 0.15) is 5.56 Å². The number of halogens is 1. The predicted molar refractivity (Wildman–Crippen MR) is 61.1 cm³/mol. The van der Waals surface area contributed by atoms with E-state index in [0.717, 1.165) is 38.3 Å². The fourth-order valence-electron chi connectivity index (χ4n) is 2.02. The molecule has 0 unspecified atom stereocenters. The van der Waals surface area contributed by atoms with E-state index in [1.807, 2.05) is 6.07 Å². The first-order valence-electron chi connectivity index (χ1n) is 5.55. The van der Waals surface area contributed by atoms with Crippen molar-refractivity contribution in [1.82, 2.24) is 10.2 Å². The average Bonchev–Trinajstić information content (AvgIpc) is 2.31. The van der Waals surface area contributed by atoms with Crippen molar-refractivity contribution in [2.24, 2.45) is 0 Å². The van der Waals surface area contributed by atoms with Crippen LogP contribution in [0, 0.1) is 5.82 Å². The van der Waals surface area contributed by atoms with Crippen LogP contribution in [0.25, 0.3) is 0 Å². The van der Waals surface area contributed by atoms with E-state index in [-0.39, 0.29) is 5.82 Å². The maximum absolute atomic E-state index is 13.4. The number of para-hydroxylation sites is 1. The van der Waals surface area contributed by atoms with Crippen molar-refractivity contribution in [3.8, 4) is 5.75 Å². The van der Waals surface area contributed by atoms with Crippen molar-refractivity contribution >= 4 is 0 Å². The number of methoxy groups -OCH3 is 1. The van der Waals surface area contributed by atoms with Gasteiger partial charge in [0.2, 0.25) is 0 Å². The third-order valence-corrected chi connectivity index (χ3v) is 2.86. The third kappa shape index (κ3) is 2.51. The summed E-state index contributed by atoms with van der Waals surface area (Å²) in [4.78, 5) is 2.30. The van der Waals surface area contributed by atoms with Crippen molar-refractivity contribution in [3.63, 3.8) is 0 Å². The molecule has 0 bridgehead atoms. The Morgan fingerprint density at radius 1 is 1.38 bits per heavy atom. The molecule has 1 N–H and O–H groups in total. The molecule has 1 fully saturated rings. The van der Waals surface area contributed by atoms with E-state index < -0.39 is 0 Å². The second kappa shape index (κ2) is 5.27. The number of ether oxygens (including phenoxy) is 1. The highest BCUT2D eigenvalue weighted by Gasteiger charge is 2.14. The van der Waals surface area contributed by atoms with Crippen LogP contribution in [0.15, 0.2) is 18.2 Å². The zero-order valence-corrected chi connectivity index (χ0v) is 9.50. The van der Waals surface area contributed by atoms with E-state index >= 15 is 0 Å². The van der Waals surface area contributed by atoms with E-state index in [4.69, 9.17) is 4.74 Å². The zero-order valence-electron chi connectivity index (χ0n) is 9.50. The van der Waals surface area contributed by atoms with E-state index in [2.05, 4.69) is 10.2 Å². The van der Waals surface area contributed by atoms with Crippen LogP contribution in [0.5, 0.6) is 5.75 Å². The largest absolute Gasteiger partial charge is 0.493 e. The highest BCUT2D eigenvalue weighted by Crippen LogP contribution is 2.23. The van der Waals surface area contributed by atoms with Crippen LogP contribution < -0.4 is 10.1 Å². The Labute approximate surface area is 95.2 Å². The average molecular weight is 224 g/mol. The van der Waals surface area contributed by atoms with Crippen LogP contribution in [0.4, 0.5) is 4.39 Å². The fourth-order valence-corrected chi connectivity index (χ4v) is 2.02. The summed E-state index contributed by atoms with van der Waals surface area (Å²) >= 11 is 0. The van der Waals surface area contributed by atoms with Gasteiger partial charge in [0, 0.05) is 38.3 Å². The molecule has 88 valence electrons. The van der Waals surface area contributed by atoms with Crippen LogP contribution >= 0.6 is 0 Å². The Balaban J connectivity index is 2.10. The van der Waals surface area contributed by atoms with E-state index in [9.17, 15) is 4.39 Å². The molecule has 1 heterocycles. The van der Waals surface area contributed by atoms with E-state index in [1.54, 1.807) is 6.07 Å². The maximum Gasteiger partial charge on any atom is 0.165 e. The predicted octanol–water partition coefficient (Wildman–Crippen LogP) is 1.24. The molecule has 2 rings (SSSR count). The summed E-state index contributed by atoms with van der Waals surface area (Å²) in [6.07, 6.45) is 0. The molecule has 0 atom stereocenters. The minimum absolute atomic E-state index is 0.282. The first kappa shape index (κ1) is 11.4. The van der Waals surface area contributed by atoms with Crippen LogP contribution in [-0.2, 0) is 6.54 Å². The Kier molecular flexibility index (Phi) is 3.74. The van der Waals surface area contributed by atoms with Crippen molar-refractivity contribution < 1.29 is 9.13 Å². The summed E-state index contributed by atoms with van der Waals surface area (Å²) in [6.45, 7) is 4.75. The Bertz CT molecular complexity index is 351. The molecule has 0 aliphatic carbocycles. The summed E-state index contributed by atoms with van der Waals surface area (Å²) in [6, 6.07) is 5.08. The SMILES string of the molecule is COc1c(F)cccc1CN1CCNCC1. The fraction of sp³-hybridized carbons (Fsp3) is 0.500. The third-order valence-electron chi connectivity index (χ3n) is 2.86. The quantitative estimate of drug-likeness (QED) is 0.836. The minimum Gasteiger partial charge on any atom is -0.493 e. The highest BCUT2D eigenvalue weighted by atomic mass is 19.1. The Morgan fingerprint density at radius 3 is 2.81 bits per heavy atom. The number of benzene rings is 1. The molecule has 0 aromatic heterocycles. The lowest BCUT2D eigenvalue weighted by atomic mass is 10.1. The molecule has 1 aromatic rings. The van der Waals surface area contributed by atoms with Gasteiger partial charge in [-0.25, -0.2) is 4.39 Å². The lowest BCUT2D eigenvalue weighted by Crippen LogP contribution is -2.42. The van der Waals surface area contributed by atoms with Crippen molar-refractivity contribution in [3.05, 3.63) is 29.6 Å². The molecule has 1 aliphatic rings. The Hall–Kier alpha value is -1.13. The van der Waals surface area contributed by atoms with Gasteiger partial charge < -0.3 is 10.1 Å². The van der Waals surface area contributed by atoms with Gasteiger partial charge in [-0.2, -0.15) is 0 Å². The van der Waals surface area contributed by atoms with Gasteiger partial charge in [-0.3, -0.25) is 4.90 Å². The van der Waals surface area contributed by atoms with Crippen LogP contribution in [-0.4, -0.2) is 38.2 Å². The van der Waals surface area contributed by atoms with Crippen molar-refractivity contribution in [2.75, 3.05) is 33.3 Å². The number of hydrogen-bond acceptors (Lipinski definition) is 3. The van der Waals surface area contributed by atoms with Crippen LogP contribution in [0.2, 0.25) is 0 Å². The number of nitrogens with zero attached hydrogens (tertiary/aromatic N) is 1. The standard InChI is InChI=1S/C12H17FN2O/c1-16-12-10(3-2-4-11(12)13)9-15-7-5-14-6-8-15/h2-4,14H,5-9H2,1H3. The number of piperazine rings is 1. The number of rotatable bonds is 3. The van der Waals surface area contributed by atoms with Gasteiger partial charge in [0.1, 0.15) is 0 Å². The van der Waals surface area contributed by atoms with Gasteiger partial charge in [0.15, 0.2) is 11.6 Å². The number of hydrogen-bond donors (Lipinski definition) is 1. The second-order valence-corrected chi connectivity index (χ2v) is 3.96. The Morgan fingerprint density at radius 2 is 2.12 bits per heavy atom.